The smallest absolute Gasteiger partial charge is 0.0635 e. The molecule has 2 unspecified atom stereocenters. The first-order valence-corrected chi connectivity index (χ1v) is 6.73. The molecular weight excluding hydrogens is 275 g/mol. The molecule has 84 valence electrons. The molecule has 0 bridgehead atoms. The fourth-order valence-corrected chi connectivity index (χ4v) is 3.47. The molecule has 2 rings (SSSR count). The highest BCUT2D eigenvalue weighted by Crippen LogP contribution is 2.36. The van der Waals surface area contributed by atoms with Crippen molar-refractivity contribution in [1.82, 2.24) is 9.78 Å². The van der Waals surface area contributed by atoms with Crippen molar-refractivity contribution in [3.8, 4) is 0 Å². The lowest BCUT2D eigenvalue weighted by atomic mass is 9.96. The summed E-state index contributed by atoms with van der Waals surface area (Å²) in [6.07, 6.45) is 7.91. The van der Waals surface area contributed by atoms with Gasteiger partial charge < -0.3 is 0 Å². The number of rotatable bonds is 1. The van der Waals surface area contributed by atoms with Crippen molar-refractivity contribution in [3.63, 3.8) is 0 Å². The molecule has 1 saturated carbocycles. The standard InChI is InChI=1S/C11H16BrClN2/c1-15-11(10(12)7-14-15)8-4-2-3-5-9(13)6-8/h7-9H,2-6H2,1H3. The highest BCUT2D eigenvalue weighted by Gasteiger charge is 2.24. The van der Waals surface area contributed by atoms with Crippen molar-refractivity contribution in [2.24, 2.45) is 7.05 Å². The van der Waals surface area contributed by atoms with Crippen LogP contribution < -0.4 is 0 Å². The molecule has 1 aliphatic rings. The van der Waals surface area contributed by atoms with Crippen molar-refractivity contribution >= 4 is 27.5 Å². The van der Waals surface area contributed by atoms with Crippen LogP contribution in [-0.2, 0) is 7.05 Å². The van der Waals surface area contributed by atoms with Crippen LogP contribution >= 0.6 is 27.5 Å². The van der Waals surface area contributed by atoms with Crippen molar-refractivity contribution < 1.29 is 0 Å². The minimum Gasteiger partial charge on any atom is -0.271 e. The van der Waals surface area contributed by atoms with Crippen LogP contribution in [0.4, 0.5) is 0 Å². The lowest BCUT2D eigenvalue weighted by molar-refractivity contribution is 0.541. The van der Waals surface area contributed by atoms with Gasteiger partial charge >= 0.3 is 0 Å². The van der Waals surface area contributed by atoms with Crippen LogP contribution in [0.5, 0.6) is 0 Å². The van der Waals surface area contributed by atoms with Crippen LogP contribution in [0, 0.1) is 0 Å². The third-order valence-electron chi connectivity index (χ3n) is 3.18. The van der Waals surface area contributed by atoms with Gasteiger partial charge in [-0.1, -0.05) is 12.8 Å². The van der Waals surface area contributed by atoms with E-state index >= 15 is 0 Å². The Bertz CT molecular complexity index is 318. The van der Waals surface area contributed by atoms with Gasteiger partial charge in [0, 0.05) is 18.3 Å². The minimum atomic E-state index is 0.333. The predicted molar refractivity (Wildman–Crippen MR) is 66.4 cm³/mol. The van der Waals surface area contributed by atoms with Crippen LogP contribution in [0.3, 0.4) is 0 Å². The first-order valence-electron chi connectivity index (χ1n) is 5.50. The van der Waals surface area contributed by atoms with E-state index in [1.807, 2.05) is 17.9 Å². The van der Waals surface area contributed by atoms with Gasteiger partial charge in [0.25, 0.3) is 0 Å². The van der Waals surface area contributed by atoms with Crippen LogP contribution in [0.1, 0.15) is 43.7 Å². The summed E-state index contributed by atoms with van der Waals surface area (Å²) in [5.41, 5.74) is 1.31. The molecule has 0 spiro atoms. The van der Waals surface area contributed by atoms with E-state index in [0.717, 1.165) is 17.3 Å². The zero-order chi connectivity index (χ0) is 10.8. The lowest BCUT2D eigenvalue weighted by Gasteiger charge is -2.17. The van der Waals surface area contributed by atoms with E-state index in [2.05, 4.69) is 21.0 Å². The molecule has 0 saturated heterocycles. The first kappa shape index (κ1) is 11.5. The summed E-state index contributed by atoms with van der Waals surface area (Å²) in [5, 5.41) is 4.61. The molecule has 1 heterocycles. The fourth-order valence-electron chi connectivity index (χ4n) is 2.43. The second-order valence-electron chi connectivity index (χ2n) is 4.32. The van der Waals surface area contributed by atoms with E-state index in [1.54, 1.807) is 0 Å². The average molecular weight is 292 g/mol. The molecule has 0 aromatic carbocycles. The number of alkyl halides is 1. The Labute approximate surface area is 104 Å². The van der Waals surface area contributed by atoms with Crippen molar-refractivity contribution in [2.75, 3.05) is 0 Å². The van der Waals surface area contributed by atoms with Gasteiger partial charge in [-0.2, -0.15) is 5.10 Å². The Morgan fingerprint density at radius 3 is 2.87 bits per heavy atom. The third kappa shape index (κ3) is 2.56. The van der Waals surface area contributed by atoms with E-state index in [9.17, 15) is 0 Å². The minimum absolute atomic E-state index is 0.333. The van der Waals surface area contributed by atoms with Crippen LogP contribution in [0.25, 0.3) is 0 Å². The number of hydrogen-bond donors (Lipinski definition) is 0. The maximum Gasteiger partial charge on any atom is 0.0635 e. The van der Waals surface area contributed by atoms with Gasteiger partial charge in [-0.05, 0) is 35.2 Å². The Hall–Kier alpha value is -0.0200. The second-order valence-corrected chi connectivity index (χ2v) is 5.79. The topological polar surface area (TPSA) is 17.8 Å². The summed E-state index contributed by atoms with van der Waals surface area (Å²) in [7, 11) is 2.01. The molecule has 1 aromatic heterocycles. The van der Waals surface area contributed by atoms with Crippen LogP contribution in [0.2, 0.25) is 0 Å². The van der Waals surface area contributed by atoms with E-state index < -0.39 is 0 Å². The highest BCUT2D eigenvalue weighted by molar-refractivity contribution is 9.10. The Kier molecular flexibility index (Phi) is 3.73. The van der Waals surface area contributed by atoms with Gasteiger partial charge in [0.05, 0.1) is 16.4 Å². The van der Waals surface area contributed by atoms with Gasteiger partial charge in [-0.25, -0.2) is 0 Å². The molecule has 1 aliphatic carbocycles. The zero-order valence-electron chi connectivity index (χ0n) is 8.92. The predicted octanol–water partition coefficient (Wildman–Crippen LogP) is 3.84. The SMILES string of the molecule is Cn1ncc(Br)c1C1CCCCC(Cl)C1. The summed E-state index contributed by atoms with van der Waals surface area (Å²) in [6, 6.07) is 0. The molecule has 2 atom stereocenters. The molecule has 1 aromatic rings. The largest absolute Gasteiger partial charge is 0.271 e. The van der Waals surface area contributed by atoms with Crippen LogP contribution in [-0.4, -0.2) is 15.2 Å². The number of hydrogen-bond acceptors (Lipinski definition) is 1. The van der Waals surface area contributed by atoms with E-state index in [-0.39, 0.29) is 0 Å². The van der Waals surface area contributed by atoms with Crippen molar-refractivity contribution in [1.29, 1.82) is 0 Å². The zero-order valence-corrected chi connectivity index (χ0v) is 11.3. The van der Waals surface area contributed by atoms with Gasteiger partial charge in [0.2, 0.25) is 0 Å². The molecule has 0 radical (unpaired) electrons. The first-order chi connectivity index (χ1) is 7.18. The summed E-state index contributed by atoms with van der Waals surface area (Å²) >= 11 is 9.86. The quantitative estimate of drug-likeness (QED) is 0.568. The summed E-state index contributed by atoms with van der Waals surface area (Å²) in [6.45, 7) is 0. The van der Waals surface area contributed by atoms with Gasteiger partial charge in [-0.15, -0.1) is 11.6 Å². The van der Waals surface area contributed by atoms with Gasteiger partial charge in [-0.3, -0.25) is 4.68 Å². The normalized spacial score (nSPS) is 27.7. The third-order valence-corrected chi connectivity index (χ3v) is 4.19. The Morgan fingerprint density at radius 2 is 2.20 bits per heavy atom. The molecule has 0 N–H and O–H groups in total. The van der Waals surface area contributed by atoms with E-state index in [1.165, 1.54) is 25.0 Å². The molecule has 2 nitrogen and oxygen atoms in total. The molecule has 0 amide bonds. The van der Waals surface area contributed by atoms with E-state index in [4.69, 9.17) is 11.6 Å². The monoisotopic (exact) mass is 290 g/mol. The maximum atomic E-state index is 6.29. The van der Waals surface area contributed by atoms with Crippen molar-refractivity contribution in [3.05, 3.63) is 16.4 Å². The van der Waals surface area contributed by atoms with Gasteiger partial charge in [0.1, 0.15) is 0 Å². The second kappa shape index (κ2) is 4.88. The summed E-state index contributed by atoms with van der Waals surface area (Å²) in [4.78, 5) is 0. The molecule has 15 heavy (non-hydrogen) atoms. The highest BCUT2D eigenvalue weighted by atomic mass is 79.9. The van der Waals surface area contributed by atoms with Gasteiger partial charge in [0.15, 0.2) is 0 Å². The average Bonchev–Trinajstić information content (AvgIpc) is 2.40. The van der Waals surface area contributed by atoms with Crippen molar-refractivity contribution in [2.45, 2.75) is 43.4 Å². The fraction of sp³-hybridized carbons (Fsp3) is 0.727. The number of halogens is 2. The molecular formula is C11H16BrClN2. The number of nitrogens with zero attached hydrogens (tertiary/aromatic N) is 2. The lowest BCUT2D eigenvalue weighted by Crippen LogP contribution is -2.09. The molecule has 0 aliphatic heterocycles. The molecule has 4 heteroatoms. The van der Waals surface area contributed by atoms with E-state index in [0.29, 0.717) is 11.3 Å². The Morgan fingerprint density at radius 1 is 1.47 bits per heavy atom. The number of aromatic nitrogens is 2. The maximum absolute atomic E-state index is 6.29. The Balaban J connectivity index is 2.21. The number of aryl methyl sites for hydroxylation is 1. The molecule has 1 fully saturated rings. The summed E-state index contributed by atoms with van der Waals surface area (Å²) in [5.74, 6) is 0.567. The van der Waals surface area contributed by atoms with Crippen LogP contribution in [0.15, 0.2) is 10.7 Å². The summed E-state index contributed by atoms with van der Waals surface area (Å²) < 4.78 is 3.10.